The maximum absolute atomic E-state index is 12.6. The van der Waals surface area contributed by atoms with Gasteiger partial charge in [-0.3, -0.25) is 19.2 Å². The van der Waals surface area contributed by atoms with Crippen molar-refractivity contribution < 1.29 is 42.6 Å². The molecule has 0 spiro atoms. The van der Waals surface area contributed by atoms with Crippen LogP contribution in [0.4, 0.5) is 24.5 Å². The van der Waals surface area contributed by atoms with E-state index in [2.05, 4.69) is 10.6 Å². The molecule has 0 atom stereocenters. The van der Waals surface area contributed by atoms with Crippen molar-refractivity contribution in [1.82, 2.24) is 0 Å². The Morgan fingerprint density at radius 1 is 0.622 bits per heavy atom. The molecule has 8 nitrogen and oxygen atoms in total. The van der Waals surface area contributed by atoms with Crippen molar-refractivity contribution >= 4 is 35.1 Å². The second kappa shape index (κ2) is 14.8. The Labute approximate surface area is 257 Å². The standard InChI is InChI=1S/C17H14F3NO3.C17H17NO3/c1-10(22)21-14-6-7-15(12(8-14)9-16(23)24)11-2-4-13(5-3-11)17(18,19)20;1-11-3-5-13(6-4-11)16-8-7-15(18-12(2)19)9-14(16)10-17(20)21/h2-8H,9H2,1H3,(H,21,22)(H,23,24);3-9H,10H2,1-2H3,(H,18,19)(H,20,21). The van der Waals surface area contributed by atoms with Gasteiger partial charge in [0, 0.05) is 25.2 Å². The molecule has 4 aromatic rings. The van der Waals surface area contributed by atoms with Gasteiger partial charge in [0.2, 0.25) is 11.8 Å². The highest BCUT2D eigenvalue weighted by Gasteiger charge is 2.30. The number of aryl methyl sites for hydroxylation is 1. The van der Waals surface area contributed by atoms with E-state index in [9.17, 15) is 32.3 Å². The summed E-state index contributed by atoms with van der Waals surface area (Å²) in [4.78, 5) is 44.3. The van der Waals surface area contributed by atoms with Crippen molar-refractivity contribution in [3.63, 3.8) is 0 Å². The van der Waals surface area contributed by atoms with Crippen LogP contribution in [0.2, 0.25) is 0 Å². The minimum absolute atomic E-state index is 0.0867. The predicted octanol–water partition coefficient (Wildman–Crippen LogP) is 7.21. The molecule has 0 saturated carbocycles. The number of carbonyl (C=O) groups is 4. The first-order valence-corrected chi connectivity index (χ1v) is 13.6. The zero-order valence-corrected chi connectivity index (χ0v) is 24.7. The summed E-state index contributed by atoms with van der Waals surface area (Å²) in [6.45, 7) is 4.74. The molecule has 11 heteroatoms. The highest BCUT2D eigenvalue weighted by Crippen LogP contribution is 2.33. The van der Waals surface area contributed by atoms with Gasteiger partial charge in [0.25, 0.3) is 0 Å². The molecule has 0 aliphatic heterocycles. The average molecular weight is 621 g/mol. The zero-order valence-electron chi connectivity index (χ0n) is 24.7. The number of carbonyl (C=O) groups excluding carboxylic acids is 2. The van der Waals surface area contributed by atoms with Crippen molar-refractivity contribution in [3.8, 4) is 22.3 Å². The van der Waals surface area contributed by atoms with E-state index in [1.54, 1.807) is 24.3 Å². The van der Waals surface area contributed by atoms with Crippen LogP contribution < -0.4 is 10.6 Å². The quantitative estimate of drug-likeness (QED) is 0.165. The highest BCUT2D eigenvalue weighted by atomic mass is 19.4. The molecule has 0 aromatic heterocycles. The van der Waals surface area contributed by atoms with Crippen LogP contribution in [0.3, 0.4) is 0 Å². The number of alkyl halides is 3. The van der Waals surface area contributed by atoms with Gasteiger partial charge < -0.3 is 20.8 Å². The Morgan fingerprint density at radius 2 is 1.00 bits per heavy atom. The number of amides is 2. The summed E-state index contributed by atoms with van der Waals surface area (Å²) < 4.78 is 37.9. The summed E-state index contributed by atoms with van der Waals surface area (Å²) in [6.07, 6.45) is -4.84. The van der Waals surface area contributed by atoms with E-state index in [0.29, 0.717) is 33.6 Å². The van der Waals surface area contributed by atoms with Crippen LogP contribution in [0, 0.1) is 6.92 Å². The number of carboxylic acids is 2. The lowest BCUT2D eigenvalue weighted by molar-refractivity contribution is -0.138. The molecule has 2 amide bonds. The maximum Gasteiger partial charge on any atom is 0.416 e. The zero-order chi connectivity index (χ0) is 33.3. The predicted molar refractivity (Wildman–Crippen MR) is 165 cm³/mol. The molecule has 0 fully saturated rings. The van der Waals surface area contributed by atoms with Crippen LogP contribution in [0.25, 0.3) is 22.3 Å². The number of hydrogen-bond acceptors (Lipinski definition) is 4. The number of halogens is 3. The Morgan fingerprint density at radius 3 is 1.33 bits per heavy atom. The van der Waals surface area contributed by atoms with Gasteiger partial charge >= 0.3 is 18.1 Å². The normalized spacial score (nSPS) is 10.7. The lowest BCUT2D eigenvalue weighted by Crippen LogP contribution is -2.08. The third kappa shape index (κ3) is 10.3. The Bertz CT molecular complexity index is 1700. The van der Waals surface area contributed by atoms with E-state index in [-0.39, 0.29) is 24.7 Å². The number of benzene rings is 4. The molecular formula is C34H31F3N2O6. The van der Waals surface area contributed by atoms with Gasteiger partial charge in [-0.25, -0.2) is 0 Å². The molecule has 0 bridgehead atoms. The van der Waals surface area contributed by atoms with Crippen molar-refractivity contribution in [2.75, 3.05) is 10.6 Å². The van der Waals surface area contributed by atoms with Crippen molar-refractivity contribution in [1.29, 1.82) is 0 Å². The molecular weight excluding hydrogens is 589 g/mol. The number of anilines is 2. The molecule has 0 radical (unpaired) electrons. The minimum atomic E-state index is -4.43. The van der Waals surface area contributed by atoms with Gasteiger partial charge in [0.05, 0.1) is 18.4 Å². The summed E-state index contributed by atoms with van der Waals surface area (Å²) in [5.74, 6) is -2.47. The summed E-state index contributed by atoms with van der Waals surface area (Å²) in [7, 11) is 0. The molecule has 45 heavy (non-hydrogen) atoms. The van der Waals surface area contributed by atoms with Gasteiger partial charge in [-0.2, -0.15) is 13.2 Å². The lowest BCUT2D eigenvalue weighted by atomic mass is 9.96. The number of aliphatic carboxylic acids is 2. The molecule has 0 saturated heterocycles. The first-order chi connectivity index (χ1) is 21.1. The van der Waals surface area contributed by atoms with Crippen molar-refractivity contribution in [3.05, 3.63) is 107 Å². The van der Waals surface area contributed by atoms with Gasteiger partial charge in [0.1, 0.15) is 0 Å². The van der Waals surface area contributed by atoms with Gasteiger partial charge in [0.15, 0.2) is 0 Å². The van der Waals surface area contributed by atoms with Gasteiger partial charge in [-0.15, -0.1) is 0 Å². The monoisotopic (exact) mass is 620 g/mol. The molecule has 0 aliphatic rings. The van der Waals surface area contributed by atoms with Crippen LogP contribution in [-0.2, 0) is 38.2 Å². The first-order valence-electron chi connectivity index (χ1n) is 13.6. The van der Waals surface area contributed by atoms with E-state index in [4.69, 9.17) is 10.2 Å². The SMILES string of the molecule is CC(=O)Nc1ccc(-c2ccc(C(F)(F)F)cc2)c(CC(=O)O)c1.CC(=O)Nc1ccc(-c2ccc(C)cc2)c(CC(=O)O)c1. The van der Waals surface area contributed by atoms with Crippen LogP contribution in [0.1, 0.15) is 36.1 Å². The first kappa shape index (κ1) is 34.0. The van der Waals surface area contributed by atoms with E-state index < -0.39 is 23.7 Å². The topological polar surface area (TPSA) is 133 Å². The molecule has 4 rings (SSSR count). The van der Waals surface area contributed by atoms with Crippen molar-refractivity contribution in [2.24, 2.45) is 0 Å². The second-order valence-corrected chi connectivity index (χ2v) is 10.2. The third-order valence-corrected chi connectivity index (χ3v) is 6.42. The molecule has 234 valence electrons. The summed E-state index contributed by atoms with van der Waals surface area (Å²) in [5.41, 5.74) is 5.27. The van der Waals surface area contributed by atoms with Gasteiger partial charge in [-0.05, 0) is 76.7 Å². The molecule has 0 heterocycles. The second-order valence-electron chi connectivity index (χ2n) is 10.2. The van der Waals surface area contributed by atoms with Crippen LogP contribution in [0.5, 0.6) is 0 Å². The van der Waals surface area contributed by atoms with E-state index in [0.717, 1.165) is 28.8 Å². The largest absolute Gasteiger partial charge is 0.481 e. The third-order valence-electron chi connectivity index (χ3n) is 6.42. The average Bonchev–Trinajstić information content (AvgIpc) is 2.93. The Hall–Kier alpha value is -5.45. The molecule has 0 aliphatic carbocycles. The number of carboxylic acid groups (broad SMARTS) is 2. The fourth-order valence-corrected chi connectivity index (χ4v) is 4.50. The summed E-state index contributed by atoms with van der Waals surface area (Å²) in [6, 6.07) is 22.4. The van der Waals surface area contributed by atoms with Crippen LogP contribution >= 0.6 is 0 Å². The van der Waals surface area contributed by atoms with Crippen LogP contribution in [0.15, 0.2) is 84.9 Å². The molecule has 4 N–H and O–H groups in total. The number of rotatable bonds is 8. The fourth-order valence-electron chi connectivity index (χ4n) is 4.50. The fraction of sp³-hybridized carbons (Fsp3) is 0.176. The van der Waals surface area contributed by atoms with E-state index in [1.165, 1.54) is 32.0 Å². The Kier molecular flexibility index (Phi) is 11.2. The van der Waals surface area contributed by atoms with E-state index in [1.807, 2.05) is 37.3 Å². The van der Waals surface area contributed by atoms with E-state index >= 15 is 0 Å². The number of nitrogens with one attached hydrogen (secondary N) is 2. The van der Waals surface area contributed by atoms with Gasteiger partial charge in [-0.1, -0.05) is 54.1 Å². The smallest absolute Gasteiger partial charge is 0.416 e. The maximum atomic E-state index is 12.6. The Balaban J connectivity index is 0.000000248. The summed E-state index contributed by atoms with van der Waals surface area (Å²) >= 11 is 0. The molecule has 0 unspecified atom stereocenters. The van der Waals surface area contributed by atoms with Crippen LogP contribution in [-0.4, -0.2) is 34.0 Å². The number of hydrogen-bond donors (Lipinski definition) is 4. The van der Waals surface area contributed by atoms with Crippen molar-refractivity contribution in [2.45, 2.75) is 39.8 Å². The molecule has 4 aromatic carbocycles. The highest BCUT2D eigenvalue weighted by molar-refractivity contribution is 5.90. The lowest BCUT2D eigenvalue weighted by Gasteiger charge is -2.12. The minimum Gasteiger partial charge on any atom is -0.481 e. The summed E-state index contributed by atoms with van der Waals surface area (Å²) in [5, 5.41) is 23.3.